The molecule has 33 heavy (non-hydrogen) atoms. The molecule has 3 aromatic carbocycles. The number of nitrogens with one attached hydrogen (secondary N) is 2. The maximum atomic E-state index is 12.8. The van der Waals surface area contributed by atoms with Crippen molar-refractivity contribution < 1.29 is 19.1 Å². The Morgan fingerprint density at radius 1 is 0.939 bits per heavy atom. The summed E-state index contributed by atoms with van der Waals surface area (Å²) in [7, 11) is 0. The summed E-state index contributed by atoms with van der Waals surface area (Å²) in [6.07, 6.45) is 0.329. The van der Waals surface area contributed by atoms with Gasteiger partial charge in [0.05, 0.1) is 6.04 Å². The molecule has 1 saturated heterocycles. The SMILES string of the molecule is C[C@@H](c1ccccc1)N1C(=O)N[C@H](CCC(=O)Nc2ccc(Oc3ccccc3)cc2)C1=O. The lowest BCUT2D eigenvalue weighted by molar-refractivity contribution is -0.129. The Labute approximate surface area is 192 Å². The smallest absolute Gasteiger partial charge is 0.325 e. The molecule has 0 spiro atoms. The molecule has 7 nitrogen and oxygen atoms in total. The van der Waals surface area contributed by atoms with Gasteiger partial charge in [-0.2, -0.15) is 0 Å². The van der Waals surface area contributed by atoms with Crippen LogP contribution in [0.3, 0.4) is 0 Å². The number of imide groups is 1. The Hall–Kier alpha value is -4.13. The van der Waals surface area contributed by atoms with Gasteiger partial charge in [0, 0.05) is 12.1 Å². The zero-order chi connectivity index (χ0) is 23.2. The van der Waals surface area contributed by atoms with Crippen molar-refractivity contribution in [3.63, 3.8) is 0 Å². The molecule has 2 atom stereocenters. The number of amides is 4. The summed E-state index contributed by atoms with van der Waals surface area (Å²) in [5, 5.41) is 5.51. The monoisotopic (exact) mass is 443 g/mol. The van der Waals surface area contributed by atoms with Crippen molar-refractivity contribution in [2.45, 2.75) is 31.8 Å². The van der Waals surface area contributed by atoms with E-state index in [1.807, 2.05) is 67.6 Å². The van der Waals surface area contributed by atoms with Crippen molar-refractivity contribution in [2.75, 3.05) is 5.32 Å². The number of hydrogen-bond donors (Lipinski definition) is 2. The van der Waals surface area contributed by atoms with Gasteiger partial charge in [-0.15, -0.1) is 0 Å². The largest absolute Gasteiger partial charge is 0.457 e. The van der Waals surface area contributed by atoms with Crippen LogP contribution in [0.15, 0.2) is 84.9 Å². The second-order valence-electron chi connectivity index (χ2n) is 7.82. The quantitative estimate of drug-likeness (QED) is 0.486. The highest BCUT2D eigenvalue weighted by Gasteiger charge is 2.40. The highest BCUT2D eigenvalue weighted by Crippen LogP contribution is 2.26. The van der Waals surface area contributed by atoms with Gasteiger partial charge in [-0.3, -0.25) is 14.5 Å². The Morgan fingerprint density at radius 2 is 1.55 bits per heavy atom. The maximum absolute atomic E-state index is 12.8. The number of carbonyl (C=O) groups is 3. The number of rotatable bonds is 8. The molecule has 4 amide bonds. The van der Waals surface area contributed by atoms with Crippen molar-refractivity contribution in [1.82, 2.24) is 10.2 Å². The molecule has 1 aliphatic rings. The van der Waals surface area contributed by atoms with Gasteiger partial charge in [0.2, 0.25) is 5.91 Å². The molecular weight excluding hydrogens is 418 g/mol. The van der Waals surface area contributed by atoms with E-state index in [-0.39, 0.29) is 30.7 Å². The van der Waals surface area contributed by atoms with Crippen molar-refractivity contribution in [1.29, 1.82) is 0 Å². The normalized spacial score (nSPS) is 16.3. The van der Waals surface area contributed by atoms with Gasteiger partial charge in [-0.05, 0) is 55.3 Å². The van der Waals surface area contributed by atoms with Crippen LogP contribution in [0.1, 0.15) is 31.4 Å². The summed E-state index contributed by atoms with van der Waals surface area (Å²) in [5.74, 6) is 0.842. The third-order valence-electron chi connectivity index (χ3n) is 5.50. The molecule has 1 fully saturated rings. The first-order valence-electron chi connectivity index (χ1n) is 10.8. The summed E-state index contributed by atoms with van der Waals surface area (Å²) in [5.41, 5.74) is 1.50. The van der Waals surface area contributed by atoms with E-state index in [9.17, 15) is 14.4 Å². The van der Waals surface area contributed by atoms with Gasteiger partial charge < -0.3 is 15.4 Å². The first kappa shape index (κ1) is 22.1. The van der Waals surface area contributed by atoms with E-state index in [1.165, 1.54) is 4.90 Å². The van der Waals surface area contributed by atoms with E-state index in [0.29, 0.717) is 11.4 Å². The molecule has 168 valence electrons. The Bertz CT molecular complexity index is 1120. The van der Waals surface area contributed by atoms with E-state index in [1.54, 1.807) is 24.3 Å². The molecule has 0 radical (unpaired) electrons. The van der Waals surface area contributed by atoms with Crippen LogP contribution in [-0.2, 0) is 9.59 Å². The zero-order valence-corrected chi connectivity index (χ0v) is 18.2. The third kappa shape index (κ3) is 5.38. The number of benzene rings is 3. The molecule has 1 aliphatic heterocycles. The predicted octanol–water partition coefficient (Wildman–Crippen LogP) is 4.88. The van der Waals surface area contributed by atoms with Crippen molar-refractivity contribution >= 4 is 23.5 Å². The summed E-state index contributed by atoms with van der Waals surface area (Å²) in [6.45, 7) is 1.81. The van der Waals surface area contributed by atoms with Crippen LogP contribution in [0.2, 0.25) is 0 Å². The molecule has 4 rings (SSSR count). The molecule has 0 bridgehead atoms. The van der Waals surface area contributed by atoms with Crippen molar-refractivity contribution in [3.8, 4) is 11.5 Å². The molecule has 0 unspecified atom stereocenters. The molecule has 2 N–H and O–H groups in total. The third-order valence-corrected chi connectivity index (χ3v) is 5.50. The van der Waals surface area contributed by atoms with E-state index < -0.39 is 12.1 Å². The van der Waals surface area contributed by atoms with E-state index in [0.717, 1.165) is 11.3 Å². The van der Waals surface area contributed by atoms with Crippen LogP contribution >= 0.6 is 0 Å². The minimum atomic E-state index is -0.712. The van der Waals surface area contributed by atoms with Crippen molar-refractivity contribution in [3.05, 3.63) is 90.5 Å². The van der Waals surface area contributed by atoms with Gasteiger partial charge in [0.15, 0.2) is 0 Å². The fraction of sp³-hybridized carbons (Fsp3) is 0.192. The van der Waals surface area contributed by atoms with Crippen LogP contribution in [0, 0.1) is 0 Å². The second kappa shape index (κ2) is 9.99. The number of nitrogens with zero attached hydrogens (tertiary/aromatic N) is 1. The minimum Gasteiger partial charge on any atom is -0.457 e. The number of ether oxygens (including phenoxy) is 1. The lowest BCUT2D eigenvalue weighted by atomic mass is 10.1. The average Bonchev–Trinajstić information content (AvgIpc) is 3.12. The number of hydrogen-bond acceptors (Lipinski definition) is 4. The number of para-hydroxylation sites is 1. The Morgan fingerprint density at radius 3 is 2.21 bits per heavy atom. The van der Waals surface area contributed by atoms with Crippen LogP contribution in [0.4, 0.5) is 10.5 Å². The lowest BCUT2D eigenvalue weighted by Crippen LogP contribution is -2.34. The van der Waals surface area contributed by atoms with Crippen molar-refractivity contribution in [2.24, 2.45) is 0 Å². The van der Waals surface area contributed by atoms with Gasteiger partial charge >= 0.3 is 6.03 Å². The minimum absolute atomic E-state index is 0.104. The van der Waals surface area contributed by atoms with Crippen LogP contribution in [-0.4, -0.2) is 28.8 Å². The standard InChI is InChI=1S/C26H25N3O4/c1-18(19-8-4-2-5-9-19)29-25(31)23(28-26(29)32)16-17-24(30)27-20-12-14-22(15-13-20)33-21-10-6-3-7-11-21/h2-15,18,23H,16-17H2,1H3,(H,27,30)(H,28,32)/t18-,23+/m0/s1. The maximum Gasteiger partial charge on any atom is 0.325 e. The number of carbonyl (C=O) groups excluding carboxylic acids is 3. The second-order valence-corrected chi connectivity index (χ2v) is 7.82. The van der Waals surface area contributed by atoms with Crippen LogP contribution in [0.5, 0.6) is 11.5 Å². The molecule has 0 aromatic heterocycles. The summed E-state index contributed by atoms with van der Waals surface area (Å²) >= 11 is 0. The van der Waals surface area contributed by atoms with Gasteiger partial charge in [-0.25, -0.2) is 4.79 Å². The van der Waals surface area contributed by atoms with E-state index >= 15 is 0 Å². The topological polar surface area (TPSA) is 87.7 Å². The molecule has 7 heteroatoms. The molecular formula is C26H25N3O4. The predicted molar refractivity (Wildman–Crippen MR) is 125 cm³/mol. The summed E-state index contributed by atoms with van der Waals surface area (Å²) in [4.78, 5) is 38.8. The first-order valence-corrected chi connectivity index (χ1v) is 10.8. The summed E-state index contributed by atoms with van der Waals surface area (Å²) < 4.78 is 5.74. The van der Waals surface area contributed by atoms with Gasteiger partial charge in [0.25, 0.3) is 5.91 Å². The van der Waals surface area contributed by atoms with E-state index in [2.05, 4.69) is 10.6 Å². The zero-order valence-electron chi connectivity index (χ0n) is 18.2. The molecule has 3 aromatic rings. The fourth-order valence-electron chi connectivity index (χ4n) is 3.72. The Balaban J connectivity index is 1.28. The number of urea groups is 1. The van der Waals surface area contributed by atoms with Crippen LogP contribution in [0.25, 0.3) is 0 Å². The fourth-order valence-corrected chi connectivity index (χ4v) is 3.72. The molecule has 1 heterocycles. The highest BCUT2D eigenvalue weighted by atomic mass is 16.5. The molecule has 0 saturated carbocycles. The number of anilines is 1. The Kier molecular flexibility index (Phi) is 6.69. The molecule has 0 aliphatic carbocycles. The van der Waals surface area contributed by atoms with Gasteiger partial charge in [-0.1, -0.05) is 48.5 Å². The summed E-state index contributed by atoms with van der Waals surface area (Å²) in [6, 6.07) is 24.3. The first-order chi connectivity index (χ1) is 16.0. The average molecular weight is 444 g/mol. The highest BCUT2D eigenvalue weighted by molar-refractivity contribution is 6.05. The van der Waals surface area contributed by atoms with Crippen LogP contribution < -0.4 is 15.4 Å². The van der Waals surface area contributed by atoms with Gasteiger partial charge in [0.1, 0.15) is 17.5 Å². The lowest BCUT2D eigenvalue weighted by Gasteiger charge is -2.21. The van der Waals surface area contributed by atoms with E-state index in [4.69, 9.17) is 4.74 Å².